The van der Waals surface area contributed by atoms with Gasteiger partial charge in [-0.05, 0) is 56.4 Å². The Bertz CT molecular complexity index is 517. The zero-order valence-electron chi connectivity index (χ0n) is 21.1. The molecule has 2 unspecified atom stereocenters. The number of carbonyl (C=O) groups is 2. The molecule has 2 atom stereocenters. The van der Waals surface area contributed by atoms with Gasteiger partial charge in [-0.2, -0.15) is 23.5 Å². The van der Waals surface area contributed by atoms with Crippen LogP contribution in [0, 0.1) is 0 Å². The predicted octanol–water partition coefficient (Wildman–Crippen LogP) is 8.18. The van der Waals surface area contributed by atoms with Crippen LogP contribution in [0.5, 0.6) is 0 Å². The molecule has 5 heteroatoms. The molecule has 0 rings (SSSR count). The Kier molecular flexibility index (Phi) is 23.0. The zero-order valence-corrected chi connectivity index (χ0v) is 22.7. The number of thioether (sulfide) groups is 2. The standard InChI is InChI=1S/C27H48O3S2/c1-5-6-7-8-13-16-21-26(31-3)27(32-4)22-17-14-11-9-10-12-15-19-25(29)20-18-23-30-24(2)28/h15,18-20,26-27H,5-14,16-17,21-23H2,1-4H3/b19-15+,20-18+. The van der Waals surface area contributed by atoms with E-state index in [9.17, 15) is 9.59 Å². The molecule has 0 aliphatic rings. The van der Waals surface area contributed by atoms with Crippen LogP contribution in [-0.4, -0.2) is 41.4 Å². The molecule has 0 aromatic rings. The van der Waals surface area contributed by atoms with E-state index < -0.39 is 0 Å². The Morgan fingerprint density at radius 2 is 1.25 bits per heavy atom. The molecule has 0 fully saturated rings. The Hall–Kier alpha value is -0.680. The minimum Gasteiger partial charge on any atom is -0.462 e. The fourth-order valence-corrected chi connectivity index (χ4v) is 6.11. The van der Waals surface area contributed by atoms with Crippen LogP contribution >= 0.6 is 23.5 Å². The van der Waals surface area contributed by atoms with Crippen LogP contribution in [0.25, 0.3) is 0 Å². The van der Waals surface area contributed by atoms with Crippen LogP contribution in [0.4, 0.5) is 0 Å². The molecule has 3 nitrogen and oxygen atoms in total. The van der Waals surface area contributed by atoms with Gasteiger partial charge in [0, 0.05) is 17.4 Å². The Morgan fingerprint density at radius 3 is 1.78 bits per heavy atom. The quantitative estimate of drug-likeness (QED) is 0.0880. The van der Waals surface area contributed by atoms with E-state index in [1.54, 1.807) is 12.2 Å². The second-order valence-electron chi connectivity index (χ2n) is 8.46. The molecule has 0 radical (unpaired) electrons. The summed E-state index contributed by atoms with van der Waals surface area (Å²) in [4.78, 5) is 22.3. The number of hydrogen-bond acceptors (Lipinski definition) is 5. The summed E-state index contributed by atoms with van der Waals surface area (Å²) in [5.41, 5.74) is 0. The highest BCUT2D eigenvalue weighted by Gasteiger charge is 2.18. The highest BCUT2D eigenvalue weighted by Crippen LogP contribution is 2.30. The fourth-order valence-electron chi connectivity index (χ4n) is 3.76. The zero-order chi connectivity index (χ0) is 23.9. The number of ether oxygens (including phenoxy) is 1. The maximum Gasteiger partial charge on any atom is 0.302 e. The number of hydrogen-bond donors (Lipinski definition) is 0. The van der Waals surface area contributed by atoms with Crippen LogP contribution in [0.15, 0.2) is 24.3 Å². The van der Waals surface area contributed by atoms with E-state index in [1.807, 2.05) is 6.08 Å². The van der Waals surface area contributed by atoms with Crippen molar-refractivity contribution in [2.24, 2.45) is 0 Å². The molecule has 0 spiro atoms. The lowest BCUT2D eigenvalue weighted by Gasteiger charge is -2.24. The summed E-state index contributed by atoms with van der Waals surface area (Å²) in [6, 6.07) is 0. The third kappa shape index (κ3) is 20.0. The molecular weight excluding hydrogens is 436 g/mol. The lowest BCUT2D eigenvalue weighted by atomic mass is 10.0. The van der Waals surface area contributed by atoms with Crippen LogP contribution in [0.2, 0.25) is 0 Å². The molecule has 0 aliphatic heterocycles. The molecule has 0 aromatic carbocycles. The van der Waals surface area contributed by atoms with Crippen molar-refractivity contribution >= 4 is 35.3 Å². The van der Waals surface area contributed by atoms with Crippen molar-refractivity contribution in [2.45, 2.75) is 114 Å². The van der Waals surface area contributed by atoms with E-state index in [0.717, 1.165) is 23.3 Å². The van der Waals surface area contributed by atoms with E-state index in [-0.39, 0.29) is 18.4 Å². The van der Waals surface area contributed by atoms with E-state index in [0.29, 0.717) is 0 Å². The molecule has 0 amide bonds. The maximum absolute atomic E-state index is 11.6. The van der Waals surface area contributed by atoms with E-state index in [4.69, 9.17) is 4.74 Å². The molecule has 186 valence electrons. The predicted molar refractivity (Wildman–Crippen MR) is 145 cm³/mol. The second kappa shape index (κ2) is 23.5. The second-order valence-corrected chi connectivity index (χ2v) is 10.6. The number of unbranched alkanes of at least 4 members (excludes halogenated alkanes) is 10. The molecule has 0 aliphatic carbocycles. The number of rotatable bonds is 22. The summed E-state index contributed by atoms with van der Waals surface area (Å²) in [6.07, 6.45) is 29.5. The van der Waals surface area contributed by atoms with Crippen molar-refractivity contribution in [1.29, 1.82) is 0 Å². The Balaban J connectivity index is 3.80. The summed E-state index contributed by atoms with van der Waals surface area (Å²) < 4.78 is 4.75. The normalized spacial score (nSPS) is 13.6. The van der Waals surface area contributed by atoms with Gasteiger partial charge in [0.15, 0.2) is 5.78 Å². The largest absolute Gasteiger partial charge is 0.462 e. The average Bonchev–Trinajstić information content (AvgIpc) is 2.78. The number of carbonyl (C=O) groups excluding carboxylic acids is 2. The van der Waals surface area contributed by atoms with Crippen molar-refractivity contribution < 1.29 is 14.3 Å². The number of esters is 1. The van der Waals surface area contributed by atoms with Crippen molar-refractivity contribution in [3.8, 4) is 0 Å². The minimum absolute atomic E-state index is 0.0513. The van der Waals surface area contributed by atoms with Gasteiger partial charge in [0.1, 0.15) is 6.61 Å². The molecule has 0 heterocycles. The van der Waals surface area contributed by atoms with E-state index in [1.165, 1.54) is 90.0 Å². The van der Waals surface area contributed by atoms with Crippen LogP contribution in [-0.2, 0) is 14.3 Å². The third-order valence-electron chi connectivity index (χ3n) is 5.67. The maximum atomic E-state index is 11.6. The van der Waals surface area contributed by atoms with Crippen molar-refractivity contribution in [2.75, 3.05) is 19.1 Å². The van der Waals surface area contributed by atoms with Crippen LogP contribution in [0.3, 0.4) is 0 Å². The van der Waals surface area contributed by atoms with Crippen molar-refractivity contribution in [3.63, 3.8) is 0 Å². The van der Waals surface area contributed by atoms with Gasteiger partial charge in [0.25, 0.3) is 0 Å². The molecule has 0 bridgehead atoms. The van der Waals surface area contributed by atoms with Crippen LogP contribution in [0.1, 0.15) is 104 Å². The van der Waals surface area contributed by atoms with Crippen molar-refractivity contribution in [3.05, 3.63) is 24.3 Å². The van der Waals surface area contributed by atoms with Crippen LogP contribution < -0.4 is 0 Å². The first-order chi connectivity index (χ1) is 15.5. The summed E-state index contributed by atoms with van der Waals surface area (Å²) in [5.74, 6) is -0.386. The van der Waals surface area contributed by atoms with Gasteiger partial charge in [-0.15, -0.1) is 0 Å². The smallest absolute Gasteiger partial charge is 0.302 e. The average molecular weight is 485 g/mol. The molecule has 32 heavy (non-hydrogen) atoms. The summed E-state index contributed by atoms with van der Waals surface area (Å²) in [6.45, 7) is 3.79. The van der Waals surface area contributed by atoms with Gasteiger partial charge >= 0.3 is 5.97 Å². The fraction of sp³-hybridized carbons (Fsp3) is 0.778. The topological polar surface area (TPSA) is 43.4 Å². The lowest BCUT2D eigenvalue weighted by Crippen LogP contribution is -2.19. The van der Waals surface area contributed by atoms with Gasteiger partial charge in [0.05, 0.1) is 0 Å². The first-order valence-electron chi connectivity index (χ1n) is 12.6. The Labute approximate surface area is 207 Å². The van der Waals surface area contributed by atoms with Gasteiger partial charge in [-0.1, -0.05) is 77.2 Å². The lowest BCUT2D eigenvalue weighted by molar-refractivity contribution is -0.139. The van der Waals surface area contributed by atoms with Gasteiger partial charge < -0.3 is 4.74 Å². The summed E-state index contributed by atoms with van der Waals surface area (Å²) >= 11 is 4.14. The molecule has 0 N–H and O–H groups in total. The van der Waals surface area contributed by atoms with Gasteiger partial charge in [0.2, 0.25) is 0 Å². The molecule has 0 aromatic heterocycles. The first-order valence-corrected chi connectivity index (χ1v) is 15.2. The van der Waals surface area contributed by atoms with E-state index in [2.05, 4.69) is 43.0 Å². The van der Waals surface area contributed by atoms with Gasteiger partial charge in [-0.3, -0.25) is 9.59 Å². The monoisotopic (exact) mass is 484 g/mol. The van der Waals surface area contributed by atoms with Crippen molar-refractivity contribution in [1.82, 2.24) is 0 Å². The highest BCUT2D eigenvalue weighted by atomic mass is 32.2. The number of allylic oxidation sites excluding steroid dienone is 3. The Morgan fingerprint density at radius 1 is 0.750 bits per heavy atom. The number of ketones is 1. The SMILES string of the molecule is CCCCCCCCC(SC)C(CCCCCCC/C=C/C(=O)/C=C/COC(C)=O)SC. The minimum atomic E-state index is -0.334. The van der Waals surface area contributed by atoms with Gasteiger partial charge in [-0.25, -0.2) is 0 Å². The first kappa shape index (κ1) is 31.3. The molecule has 0 saturated heterocycles. The third-order valence-corrected chi connectivity index (χ3v) is 8.18. The van der Waals surface area contributed by atoms with E-state index >= 15 is 0 Å². The molecule has 0 saturated carbocycles. The molecular formula is C27H48O3S2. The summed E-state index contributed by atoms with van der Waals surface area (Å²) in [7, 11) is 0. The summed E-state index contributed by atoms with van der Waals surface area (Å²) in [5, 5.41) is 1.60. The highest BCUT2D eigenvalue weighted by molar-refractivity contribution is 8.03.